The molecule has 1 fully saturated rings. The van der Waals surface area contributed by atoms with Gasteiger partial charge in [-0.2, -0.15) is 10.2 Å². The average molecular weight is 369 g/mol. The fourth-order valence-electron chi connectivity index (χ4n) is 2.88. The smallest absolute Gasteiger partial charge is 0.232 e. The number of nitrogens with zero attached hydrogens (tertiary/aromatic N) is 3. The van der Waals surface area contributed by atoms with E-state index in [1.165, 1.54) is 23.9 Å². The van der Waals surface area contributed by atoms with Crippen LogP contribution in [0.3, 0.4) is 0 Å². The molecule has 1 amide bonds. The van der Waals surface area contributed by atoms with Gasteiger partial charge in [0.15, 0.2) is 0 Å². The van der Waals surface area contributed by atoms with E-state index in [0.717, 1.165) is 24.1 Å². The highest BCUT2D eigenvalue weighted by atomic mass is 19.1. The second-order valence-corrected chi connectivity index (χ2v) is 6.76. The molecule has 3 aromatic rings. The van der Waals surface area contributed by atoms with Gasteiger partial charge in [-0.1, -0.05) is 0 Å². The van der Waals surface area contributed by atoms with E-state index in [-0.39, 0.29) is 5.91 Å². The van der Waals surface area contributed by atoms with Gasteiger partial charge in [0.2, 0.25) is 5.91 Å². The topological polar surface area (TPSA) is 84.8 Å². The molecule has 8 heteroatoms. The highest BCUT2D eigenvalue weighted by molar-refractivity contribution is 5.94. The molecule has 1 aliphatic carbocycles. The lowest BCUT2D eigenvalue weighted by Gasteiger charge is -2.09. The monoisotopic (exact) mass is 369 g/mol. The van der Waals surface area contributed by atoms with Crippen LogP contribution >= 0.6 is 0 Å². The number of carbonyl (C=O) groups is 1. The third-order valence-corrected chi connectivity index (χ3v) is 4.70. The fraction of sp³-hybridized carbons (Fsp3) is 0.316. The van der Waals surface area contributed by atoms with Gasteiger partial charge in [-0.05, 0) is 25.8 Å². The van der Waals surface area contributed by atoms with Crippen molar-refractivity contribution in [2.75, 3.05) is 12.4 Å². The number of hydrogen-bond donors (Lipinski definition) is 2. The molecule has 0 radical (unpaired) electrons. The number of anilines is 1. The van der Waals surface area contributed by atoms with E-state index in [2.05, 4.69) is 20.6 Å². The zero-order valence-electron chi connectivity index (χ0n) is 15.1. The van der Waals surface area contributed by atoms with Crippen LogP contribution in [-0.2, 0) is 4.79 Å². The number of hydrogen-bond acceptors (Lipinski definition) is 4. The molecular formula is C19H20FN5O2. The number of amides is 1. The van der Waals surface area contributed by atoms with Gasteiger partial charge in [0.05, 0.1) is 30.6 Å². The fourth-order valence-corrected chi connectivity index (χ4v) is 2.88. The molecule has 2 aromatic heterocycles. The largest absolute Gasteiger partial charge is 0.497 e. The minimum Gasteiger partial charge on any atom is -0.497 e. The molecule has 27 heavy (non-hydrogen) atoms. The molecule has 0 unspecified atom stereocenters. The Morgan fingerprint density at radius 3 is 2.93 bits per heavy atom. The first-order valence-electron chi connectivity index (χ1n) is 8.79. The Bertz CT molecular complexity index is 976. The van der Waals surface area contributed by atoms with Gasteiger partial charge in [0.1, 0.15) is 17.4 Å². The quantitative estimate of drug-likeness (QED) is 0.698. The first-order chi connectivity index (χ1) is 13.0. The number of carbonyl (C=O) groups excluding carboxylic acids is 1. The summed E-state index contributed by atoms with van der Waals surface area (Å²) in [6.07, 6.45) is 5.61. The first kappa shape index (κ1) is 17.3. The van der Waals surface area contributed by atoms with Gasteiger partial charge in [-0.3, -0.25) is 9.89 Å². The molecule has 1 atom stereocenters. The Labute approximate surface area is 155 Å². The summed E-state index contributed by atoms with van der Waals surface area (Å²) in [6.45, 7) is 1.79. The van der Waals surface area contributed by atoms with Crippen molar-refractivity contribution in [3.8, 4) is 11.4 Å². The Kier molecular flexibility index (Phi) is 4.39. The van der Waals surface area contributed by atoms with Gasteiger partial charge >= 0.3 is 0 Å². The van der Waals surface area contributed by atoms with E-state index in [1.807, 2.05) is 6.07 Å². The standard InChI is InChI=1S/C19H20FN5O2/c1-11(19(26)22-18-8-17(23-24-18)12-3-4-12)13-9-21-25(10-13)15-5-14(20)6-16(7-15)27-2/h5-12H,3-4H2,1-2H3,(H2,22,23,24,26)/t11-/m0/s1. The molecule has 0 aliphatic heterocycles. The second-order valence-electron chi connectivity index (χ2n) is 6.76. The SMILES string of the molecule is COc1cc(F)cc(-n2cc([C@H](C)C(=O)Nc3cc(C4CC4)n[nH]3)cn2)c1. The molecule has 2 heterocycles. The Morgan fingerprint density at radius 1 is 1.37 bits per heavy atom. The van der Waals surface area contributed by atoms with E-state index >= 15 is 0 Å². The molecular weight excluding hydrogens is 349 g/mol. The summed E-state index contributed by atoms with van der Waals surface area (Å²) in [5.41, 5.74) is 2.23. The van der Waals surface area contributed by atoms with Crippen LogP contribution in [0.1, 0.15) is 42.9 Å². The minimum absolute atomic E-state index is 0.169. The average Bonchev–Trinajstić information content (AvgIpc) is 3.20. The molecule has 0 saturated heterocycles. The summed E-state index contributed by atoms with van der Waals surface area (Å²) < 4.78 is 20.3. The zero-order chi connectivity index (χ0) is 19.0. The lowest BCUT2D eigenvalue weighted by molar-refractivity contribution is -0.117. The summed E-state index contributed by atoms with van der Waals surface area (Å²) in [4.78, 5) is 12.5. The van der Waals surface area contributed by atoms with Crippen molar-refractivity contribution < 1.29 is 13.9 Å². The van der Waals surface area contributed by atoms with Crippen LogP contribution in [0.25, 0.3) is 5.69 Å². The van der Waals surface area contributed by atoms with E-state index in [0.29, 0.717) is 23.2 Å². The van der Waals surface area contributed by atoms with Gasteiger partial charge in [-0.25, -0.2) is 9.07 Å². The predicted molar refractivity (Wildman–Crippen MR) is 97.7 cm³/mol. The Morgan fingerprint density at radius 2 is 2.19 bits per heavy atom. The lowest BCUT2D eigenvalue weighted by Crippen LogP contribution is -2.18. The van der Waals surface area contributed by atoms with Gasteiger partial charge < -0.3 is 10.1 Å². The maximum atomic E-state index is 13.7. The Hall–Kier alpha value is -3.16. The molecule has 0 spiro atoms. The number of nitrogens with one attached hydrogen (secondary N) is 2. The van der Waals surface area contributed by atoms with Crippen molar-refractivity contribution in [1.82, 2.24) is 20.0 Å². The number of halogens is 1. The van der Waals surface area contributed by atoms with Crippen molar-refractivity contribution >= 4 is 11.7 Å². The molecule has 4 rings (SSSR count). The van der Waals surface area contributed by atoms with Crippen LogP contribution in [0.5, 0.6) is 5.75 Å². The summed E-state index contributed by atoms with van der Waals surface area (Å²) >= 11 is 0. The number of ether oxygens (including phenoxy) is 1. The normalized spacial score (nSPS) is 14.8. The van der Waals surface area contributed by atoms with Crippen molar-refractivity contribution in [2.45, 2.75) is 31.6 Å². The molecule has 7 nitrogen and oxygen atoms in total. The second kappa shape index (κ2) is 6.86. The molecule has 1 saturated carbocycles. The van der Waals surface area contributed by atoms with E-state index in [4.69, 9.17) is 4.74 Å². The van der Waals surface area contributed by atoms with E-state index in [1.54, 1.807) is 25.4 Å². The lowest BCUT2D eigenvalue weighted by atomic mass is 10.0. The van der Waals surface area contributed by atoms with Gasteiger partial charge in [-0.15, -0.1) is 0 Å². The highest BCUT2D eigenvalue weighted by Crippen LogP contribution is 2.39. The number of methoxy groups -OCH3 is 1. The predicted octanol–water partition coefficient (Wildman–Crippen LogP) is 3.36. The molecule has 140 valence electrons. The zero-order valence-corrected chi connectivity index (χ0v) is 15.1. The minimum atomic E-state index is -0.429. The summed E-state index contributed by atoms with van der Waals surface area (Å²) in [5, 5.41) is 14.2. The number of rotatable bonds is 6. The van der Waals surface area contributed by atoms with Gasteiger partial charge in [0, 0.05) is 35.9 Å². The number of aromatic amines is 1. The maximum absolute atomic E-state index is 13.7. The van der Waals surface area contributed by atoms with Crippen LogP contribution in [-0.4, -0.2) is 33.0 Å². The van der Waals surface area contributed by atoms with Crippen LogP contribution in [0.4, 0.5) is 10.2 Å². The van der Waals surface area contributed by atoms with Crippen molar-refractivity contribution in [2.24, 2.45) is 0 Å². The van der Waals surface area contributed by atoms with Crippen LogP contribution in [0.15, 0.2) is 36.7 Å². The molecule has 0 bridgehead atoms. The first-order valence-corrected chi connectivity index (χ1v) is 8.79. The van der Waals surface area contributed by atoms with Crippen LogP contribution in [0, 0.1) is 5.82 Å². The molecule has 1 aliphatic rings. The Balaban J connectivity index is 1.48. The van der Waals surface area contributed by atoms with E-state index in [9.17, 15) is 9.18 Å². The van der Waals surface area contributed by atoms with Crippen molar-refractivity contribution in [1.29, 1.82) is 0 Å². The van der Waals surface area contributed by atoms with Crippen LogP contribution < -0.4 is 10.1 Å². The third kappa shape index (κ3) is 3.69. The number of H-pyrrole nitrogens is 1. The highest BCUT2D eigenvalue weighted by Gasteiger charge is 2.26. The van der Waals surface area contributed by atoms with E-state index < -0.39 is 11.7 Å². The number of aromatic nitrogens is 4. The summed E-state index contributed by atoms with van der Waals surface area (Å²) in [7, 11) is 1.48. The van der Waals surface area contributed by atoms with Crippen molar-refractivity contribution in [3.63, 3.8) is 0 Å². The van der Waals surface area contributed by atoms with Crippen LogP contribution in [0.2, 0.25) is 0 Å². The van der Waals surface area contributed by atoms with Crippen molar-refractivity contribution in [3.05, 3.63) is 53.7 Å². The summed E-state index contributed by atoms with van der Waals surface area (Å²) in [5.74, 6) is 0.498. The van der Waals surface area contributed by atoms with Gasteiger partial charge in [0.25, 0.3) is 0 Å². The molecule has 2 N–H and O–H groups in total. The number of benzene rings is 1. The summed E-state index contributed by atoms with van der Waals surface area (Å²) in [6, 6.07) is 6.21. The maximum Gasteiger partial charge on any atom is 0.232 e. The molecule has 1 aromatic carbocycles. The third-order valence-electron chi connectivity index (χ3n) is 4.70.